The minimum absolute atomic E-state index is 0.0405. The van der Waals surface area contributed by atoms with Crippen molar-refractivity contribution in [2.24, 2.45) is 0 Å². The summed E-state index contributed by atoms with van der Waals surface area (Å²) >= 11 is 9.64. The number of hydrogen-bond acceptors (Lipinski definition) is 3. The van der Waals surface area contributed by atoms with Crippen molar-refractivity contribution in [1.29, 1.82) is 0 Å². The number of carbonyl (C=O) groups is 1. The van der Waals surface area contributed by atoms with Crippen molar-refractivity contribution in [3.8, 4) is 0 Å². The van der Waals surface area contributed by atoms with Crippen LogP contribution in [0.1, 0.15) is 30.1 Å². The van der Waals surface area contributed by atoms with Crippen LogP contribution in [0.2, 0.25) is 0 Å². The van der Waals surface area contributed by atoms with E-state index in [-0.39, 0.29) is 10.7 Å². The Hall–Kier alpha value is -0.130. The second-order valence-corrected chi connectivity index (χ2v) is 7.83. The molecule has 1 N–H and O–H groups in total. The third kappa shape index (κ3) is 3.45. The van der Waals surface area contributed by atoms with Crippen molar-refractivity contribution in [3.05, 3.63) is 28.2 Å². The highest BCUT2D eigenvalue weighted by Gasteiger charge is 2.29. The van der Waals surface area contributed by atoms with Gasteiger partial charge in [-0.3, -0.25) is 4.79 Å². The fourth-order valence-electron chi connectivity index (χ4n) is 2.04. The molecule has 0 aliphatic carbocycles. The lowest BCUT2D eigenvalue weighted by Gasteiger charge is -2.23. The number of benzene rings is 1. The van der Waals surface area contributed by atoms with E-state index in [0.717, 1.165) is 11.0 Å². The molecule has 1 aliphatic rings. The van der Waals surface area contributed by atoms with Crippen molar-refractivity contribution in [1.82, 2.24) is 5.32 Å². The fraction of sp³-hybridized carbons (Fsp3) is 0.462. The van der Waals surface area contributed by atoms with E-state index in [2.05, 4.69) is 40.8 Å². The quantitative estimate of drug-likeness (QED) is 0.816. The molecule has 1 aromatic rings. The zero-order chi connectivity index (χ0) is 13.2. The van der Waals surface area contributed by atoms with Crippen LogP contribution in [-0.2, 0) is 0 Å². The predicted octanol–water partition coefficient (Wildman–Crippen LogP) is 3.75. The number of thioether (sulfide) groups is 1. The van der Waals surface area contributed by atoms with Crippen LogP contribution in [0, 0.1) is 0 Å². The number of halogens is 1. The molecule has 2 nitrogen and oxygen atoms in total. The van der Waals surface area contributed by atoms with Crippen LogP contribution < -0.4 is 5.32 Å². The Morgan fingerprint density at radius 3 is 3.00 bits per heavy atom. The zero-order valence-corrected chi connectivity index (χ0v) is 13.5. The summed E-state index contributed by atoms with van der Waals surface area (Å²) in [6.45, 7) is 2.94. The van der Waals surface area contributed by atoms with Crippen molar-refractivity contribution < 1.29 is 4.79 Å². The van der Waals surface area contributed by atoms with Crippen LogP contribution in [0.5, 0.6) is 0 Å². The molecule has 0 saturated carbocycles. The van der Waals surface area contributed by atoms with Gasteiger partial charge in [0.05, 0.1) is 5.56 Å². The summed E-state index contributed by atoms with van der Waals surface area (Å²) in [6.07, 6.45) is 2.42. The first kappa shape index (κ1) is 14.3. The average molecular weight is 346 g/mol. The summed E-state index contributed by atoms with van der Waals surface area (Å²) in [5.74, 6) is 1.16. The van der Waals surface area contributed by atoms with Gasteiger partial charge < -0.3 is 5.32 Å². The maximum atomic E-state index is 12.1. The SMILES string of the molecule is CC1(CNC(=O)c2ccc(Br)cc2S)CCCS1. The molecular weight excluding hydrogens is 330 g/mol. The van der Waals surface area contributed by atoms with Gasteiger partial charge in [-0.15, -0.1) is 12.6 Å². The minimum Gasteiger partial charge on any atom is -0.351 e. The smallest absolute Gasteiger partial charge is 0.252 e. The van der Waals surface area contributed by atoms with Gasteiger partial charge in [0.15, 0.2) is 0 Å². The highest BCUT2D eigenvalue weighted by molar-refractivity contribution is 9.10. The highest BCUT2D eigenvalue weighted by atomic mass is 79.9. The molecule has 1 aromatic carbocycles. The molecule has 1 amide bonds. The van der Waals surface area contributed by atoms with E-state index >= 15 is 0 Å². The van der Waals surface area contributed by atoms with Gasteiger partial charge in [0.25, 0.3) is 5.91 Å². The maximum absolute atomic E-state index is 12.1. The molecule has 0 spiro atoms. The van der Waals surface area contributed by atoms with Gasteiger partial charge in [0.2, 0.25) is 0 Å². The van der Waals surface area contributed by atoms with Gasteiger partial charge in [0, 0.05) is 20.7 Å². The van der Waals surface area contributed by atoms with Crippen LogP contribution in [-0.4, -0.2) is 23.0 Å². The van der Waals surface area contributed by atoms with Crippen LogP contribution in [0.25, 0.3) is 0 Å². The number of thiol groups is 1. The number of carbonyl (C=O) groups excluding carboxylic acids is 1. The second kappa shape index (κ2) is 5.88. The summed E-state index contributed by atoms with van der Waals surface area (Å²) in [7, 11) is 0. The van der Waals surface area contributed by atoms with Crippen LogP contribution in [0.3, 0.4) is 0 Å². The van der Waals surface area contributed by atoms with Crippen molar-refractivity contribution >= 4 is 46.2 Å². The van der Waals surface area contributed by atoms with Gasteiger partial charge in [-0.05, 0) is 43.7 Å². The van der Waals surface area contributed by atoms with E-state index in [1.807, 2.05) is 23.9 Å². The van der Waals surface area contributed by atoms with Gasteiger partial charge in [-0.1, -0.05) is 15.9 Å². The van der Waals surface area contributed by atoms with Crippen LogP contribution >= 0.6 is 40.3 Å². The number of amides is 1. The van der Waals surface area contributed by atoms with Gasteiger partial charge in [0.1, 0.15) is 0 Å². The lowest BCUT2D eigenvalue weighted by atomic mass is 10.1. The molecule has 1 unspecified atom stereocenters. The Morgan fingerprint density at radius 2 is 2.39 bits per heavy atom. The molecule has 0 radical (unpaired) electrons. The summed E-state index contributed by atoms with van der Waals surface area (Å²) < 4.78 is 1.13. The maximum Gasteiger partial charge on any atom is 0.252 e. The molecule has 0 bridgehead atoms. The van der Waals surface area contributed by atoms with Gasteiger partial charge >= 0.3 is 0 Å². The summed E-state index contributed by atoms with van der Waals surface area (Å²) in [5.41, 5.74) is 0.633. The van der Waals surface area contributed by atoms with Crippen molar-refractivity contribution in [3.63, 3.8) is 0 Å². The lowest BCUT2D eigenvalue weighted by Crippen LogP contribution is -2.36. The van der Waals surface area contributed by atoms with E-state index in [9.17, 15) is 4.79 Å². The Kier molecular flexibility index (Phi) is 4.67. The first-order valence-corrected chi connectivity index (χ1v) is 8.13. The summed E-state index contributed by atoms with van der Waals surface area (Å²) in [6, 6.07) is 5.50. The summed E-state index contributed by atoms with van der Waals surface area (Å²) in [4.78, 5) is 12.8. The minimum atomic E-state index is -0.0405. The Morgan fingerprint density at radius 1 is 1.61 bits per heavy atom. The first-order valence-electron chi connectivity index (χ1n) is 5.91. The van der Waals surface area contributed by atoms with E-state index in [0.29, 0.717) is 10.5 Å². The van der Waals surface area contributed by atoms with E-state index < -0.39 is 0 Å². The Bertz CT molecular complexity index is 458. The largest absolute Gasteiger partial charge is 0.351 e. The highest BCUT2D eigenvalue weighted by Crippen LogP contribution is 2.37. The number of hydrogen-bond donors (Lipinski definition) is 2. The topological polar surface area (TPSA) is 29.1 Å². The molecule has 1 fully saturated rings. The van der Waals surface area contributed by atoms with Crippen LogP contribution in [0.15, 0.2) is 27.6 Å². The molecule has 1 atom stereocenters. The first-order chi connectivity index (χ1) is 8.50. The zero-order valence-electron chi connectivity index (χ0n) is 10.2. The molecular formula is C13H16BrNOS2. The summed E-state index contributed by atoms with van der Waals surface area (Å²) in [5, 5.41) is 3.02. The van der Waals surface area contributed by atoms with E-state index in [4.69, 9.17) is 0 Å². The number of nitrogens with one attached hydrogen (secondary N) is 1. The molecule has 1 aliphatic heterocycles. The monoisotopic (exact) mass is 345 g/mol. The van der Waals surface area contributed by atoms with Crippen molar-refractivity contribution in [2.75, 3.05) is 12.3 Å². The molecule has 5 heteroatoms. The Labute approximate surface area is 126 Å². The molecule has 2 rings (SSSR count). The Balaban J connectivity index is 1.99. The standard InChI is InChI=1S/C13H16BrNOS2/c1-13(5-2-6-18-13)8-15-12(16)10-4-3-9(14)7-11(10)17/h3-4,7,17H,2,5-6,8H2,1H3,(H,15,16). The molecule has 0 aromatic heterocycles. The van der Waals surface area contributed by atoms with Gasteiger partial charge in [-0.2, -0.15) is 11.8 Å². The van der Waals surface area contributed by atoms with Crippen molar-refractivity contribution in [2.45, 2.75) is 29.4 Å². The predicted molar refractivity (Wildman–Crippen MR) is 83.8 cm³/mol. The van der Waals surface area contributed by atoms with Crippen LogP contribution in [0.4, 0.5) is 0 Å². The molecule has 18 heavy (non-hydrogen) atoms. The van der Waals surface area contributed by atoms with E-state index in [1.54, 1.807) is 6.07 Å². The fourth-order valence-corrected chi connectivity index (χ4v) is 4.13. The molecule has 1 saturated heterocycles. The van der Waals surface area contributed by atoms with Gasteiger partial charge in [-0.25, -0.2) is 0 Å². The third-order valence-electron chi connectivity index (χ3n) is 3.13. The molecule has 98 valence electrons. The normalized spacial score (nSPS) is 23.1. The van der Waals surface area contributed by atoms with E-state index in [1.165, 1.54) is 18.6 Å². The third-order valence-corrected chi connectivity index (χ3v) is 5.53. The average Bonchev–Trinajstić information content (AvgIpc) is 2.74. The lowest BCUT2D eigenvalue weighted by molar-refractivity contribution is 0.0947. The number of rotatable bonds is 3. The second-order valence-electron chi connectivity index (χ2n) is 4.75. The molecule has 1 heterocycles.